The van der Waals surface area contributed by atoms with E-state index in [2.05, 4.69) is 10.6 Å². The van der Waals surface area contributed by atoms with Crippen molar-refractivity contribution in [1.82, 2.24) is 10.2 Å². The number of carboxylic acid groups (broad SMARTS) is 1. The predicted molar refractivity (Wildman–Crippen MR) is 121 cm³/mol. The smallest absolute Gasteiger partial charge is 0.303 e. The summed E-state index contributed by atoms with van der Waals surface area (Å²) >= 11 is 6.23. The summed E-state index contributed by atoms with van der Waals surface area (Å²) in [4.78, 5) is 53.3. The van der Waals surface area contributed by atoms with Crippen LogP contribution in [-0.2, 0) is 31.3 Å². The molecule has 0 saturated carbocycles. The first-order valence-corrected chi connectivity index (χ1v) is 11.5. The number of amides is 3. The number of carbonyl (C=O) groups is 4. The zero-order chi connectivity index (χ0) is 24.5. The number of nitrogens with zero attached hydrogens (tertiary/aromatic N) is 1. The lowest BCUT2D eigenvalue weighted by Crippen LogP contribution is -2.53. The Morgan fingerprint density at radius 2 is 1.91 bits per heavy atom. The van der Waals surface area contributed by atoms with Gasteiger partial charge in [0.25, 0.3) is 0 Å². The summed E-state index contributed by atoms with van der Waals surface area (Å²) in [5, 5.41) is 15.6. The fourth-order valence-electron chi connectivity index (χ4n) is 5.74. The molecule has 2 saturated heterocycles. The van der Waals surface area contributed by atoms with E-state index in [0.29, 0.717) is 33.3 Å². The number of hydrogen-bond donors (Lipinski definition) is 3. The number of likely N-dealkylation sites (tertiary alicyclic amines) is 1. The van der Waals surface area contributed by atoms with E-state index in [1.807, 2.05) is 0 Å². The number of fused-ring (bicyclic) bond motifs is 5. The van der Waals surface area contributed by atoms with Crippen LogP contribution in [0.2, 0.25) is 5.02 Å². The van der Waals surface area contributed by atoms with Gasteiger partial charge in [-0.25, -0.2) is 0 Å². The largest absolute Gasteiger partial charge is 0.481 e. The molecular formula is C24H20ClN3O7. The van der Waals surface area contributed by atoms with E-state index in [4.69, 9.17) is 21.1 Å². The molecule has 2 aromatic rings. The van der Waals surface area contributed by atoms with Crippen molar-refractivity contribution in [3.63, 3.8) is 0 Å². The number of halogens is 1. The Balaban J connectivity index is 1.40. The first kappa shape index (κ1) is 21.9. The van der Waals surface area contributed by atoms with Crippen LogP contribution >= 0.6 is 11.6 Å². The Bertz CT molecular complexity index is 1310. The number of carboxylic acids is 1. The van der Waals surface area contributed by atoms with Crippen LogP contribution in [0, 0.1) is 11.8 Å². The fourth-order valence-corrected chi connectivity index (χ4v) is 5.91. The molecule has 0 aromatic heterocycles. The third-order valence-corrected chi connectivity index (χ3v) is 7.45. The van der Waals surface area contributed by atoms with Gasteiger partial charge in [-0.15, -0.1) is 0 Å². The first-order valence-electron chi connectivity index (χ1n) is 11.1. The van der Waals surface area contributed by atoms with Crippen molar-refractivity contribution in [3.05, 3.63) is 52.5 Å². The number of hydrogen-bond acceptors (Lipinski definition) is 7. The van der Waals surface area contributed by atoms with Gasteiger partial charge in [-0.05, 0) is 42.3 Å². The van der Waals surface area contributed by atoms with Crippen LogP contribution in [0.25, 0.3) is 0 Å². The van der Waals surface area contributed by atoms with Gasteiger partial charge in [0.05, 0.1) is 18.4 Å². The average Bonchev–Trinajstić information content (AvgIpc) is 3.55. The maximum atomic E-state index is 13.8. The predicted octanol–water partition coefficient (Wildman–Crippen LogP) is 1.85. The third kappa shape index (κ3) is 3.13. The van der Waals surface area contributed by atoms with Crippen LogP contribution in [0.3, 0.4) is 0 Å². The Labute approximate surface area is 204 Å². The summed E-state index contributed by atoms with van der Waals surface area (Å²) < 4.78 is 10.7. The zero-order valence-corrected chi connectivity index (χ0v) is 19.0. The highest BCUT2D eigenvalue weighted by Gasteiger charge is 2.70. The third-order valence-electron chi connectivity index (χ3n) is 7.22. The molecule has 0 bridgehead atoms. The first-order chi connectivity index (χ1) is 16.8. The lowest BCUT2D eigenvalue weighted by atomic mass is 9.76. The minimum Gasteiger partial charge on any atom is -0.481 e. The van der Waals surface area contributed by atoms with E-state index in [1.54, 1.807) is 36.4 Å². The number of carbonyl (C=O) groups excluding carboxylic acids is 3. The summed E-state index contributed by atoms with van der Waals surface area (Å²) in [5.74, 6) is -3.26. The number of benzene rings is 2. The summed E-state index contributed by atoms with van der Waals surface area (Å²) in [6.07, 6.45) is -0.136. The molecule has 6 rings (SSSR count). The van der Waals surface area contributed by atoms with E-state index in [9.17, 15) is 24.3 Å². The lowest BCUT2D eigenvalue weighted by Gasteiger charge is -2.29. The van der Waals surface area contributed by atoms with Gasteiger partial charge in [0.15, 0.2) is 11.5 Å². The van der Waals surface area contributed by atoms with Crippen molar-refractivity contribution >= 4 is 41.0 Å². The number of anilines is 1. The van der Waals surface area contributed by atoms with Gasteiger partial charge >= 0.3 is 5.97 Å². The SMILES string of the molecule is O=C(O)CCC1NC2(C(=O)Nc3ccc(Cl)cc32)C2C(=O)N(Cc3ccc4c(c3)OCO4)C(=O)C12. The standard InChI is InChI=1S/C24H20ClN3O7/c25-12-2-3-14-13(8-12)24(23(33)26-14)20-19(15(27-24)4-6-18(29)30)21(31)28(22(20)32)9-11-1-5-16-17(7-11)35-10-34-16/h1-3,5,7-8,15,19-20,27H,4,6,9-10H2,(H,26,33)(H,29,30). The van der Waals surface area contributed by atoms with Crippen LogP contribution in [0.4, 0.5) is 5.69 Å². The van der Waals surface area contributed by atoms with Crippen molar-refractivity contribution in [2.24, 2.45) is 11.8 Å². The van der Waals surface area contributed by atoms with Gasteiger partial charge in [-0.1, -0.05) is 17.7 Å². The molecule has 4 unspecified atom stereocenters. The highest BCUT2D eigenvalue weighted by atomic mass is 35.5. The van der Waals surface area contributed by atoms with Gasteiger partial charge in [-0.3, -0.25) is 29.4 Å². The summed E-state index contributed by atoms with van der Waals surface area (Å²) in [5.41, 5.74) is 0.122. The van der Waals surface area contributed by atoms with Crippen molar-refractivity contribution in [1.29, 1.82) is 0 Å². The second-order valence-corrected chi connectivity index (χ2v) is 9.53. The Morgan fingerprint density at radius 1 is 1.11 bits per heavy atom. The van der Waals surface area contributed by atoms with Gasteiger partial charge in [0.1, 0.15) is 5.54 Å². The molecule has 3 N–H and O–H groups in total. The fraction of sp³-hybridized carbons (Fsp3) is 0.333. The molecule has 11 heteroatoms. The van der Waals surface area contributed by atoms with Crippen LogP contribution in [0.5, 0.6) is 11.5 Å². The van der Waals surface area contributed by atoms with E-state index in [1.165, 1.54) is 0 Å². The van der Waals surface area contributed by atoms with Crippen molar-refractivity contribution in [3.8, 4) is 11.5 Å². The molecule has 3 amide bonds. The molecule has 35 heavy (non-hydrogen) atoms. The van der Waals surface area contributed by atoms with Crippen molar-refractivity contribution in [2.45, 2.75) is 31.0 Å². The molecule has 4 atom stereocenters. The number of rotatable bonds is 5. The highest BCUT2D eigenvalue weighted by molar-refractivity contribution is 6.31. The van der Waals surface area contributed by atoms with Crippen LogP contribution in [0.1, 0.15) is 24.0 Å². The Morgan fingerprint density at radius 3 is 2.71 bits per heavy atom. The summed E-state index contributed by atoms with van der Waals surface area (Å²) in [6.45, 7) is 0.0914. The minimum atomic E-state index is -1.52. The quantitative estimate of drug-likeness (QED) is 0.533. The molecule has 10 nitrogen and oxygen atoms in total. The Hall–Kier alpha value is -3.63. The molecule has 2 fully saturated rings. The van der Waals surface area contributed by atoms with E-state index in [0.717, 1.165) is 4.90 Å². The molecule has 0 radical (unpaired) electrons. The number of imide groups is 1. The zero-order valence-electron chi connectivity index (χ0n) is 18.2. The minimum absolute atomic E-state index is 0.00689. The molecule has 180 valence electrons. The topological polar surface area (TPSA) is 134 Å². The average molecular weight is 498 g/mol. The van der Waals surface area contributed by atoms with Gasteiger partial charge in [0.2, 0.25) is 24.5 Å². The number of aliphatic carboxylic acids is 1. The molecule has 4 aliphatic rings. The van der Waals surface area contributed by atoms with E-state index in [-0.39, 0.29) is 26.2 Å². The van der Waals surface area contributed by atoms with Crippen LogP contribution < -0.4 is 20.1 Å². The second kappa shape index (κ2) is 7.69. The number of nitrogens with one attached hydrogen (secondary N) is 2. The summed E-state index contributed by atoms with van der Waals surface area (Å²) in [7, 11) is 0. The number of ether oxygens (including phenoxy) is 2. The highest BCUT2D eigenvalue weighted by Crippen LogP contribution is 2.54. The lowest BCUT2D eigenvalue weighted by molar-refractivity contribution is -0.144. The van der Waals surface area contributed by atoms with Crippen molar-refractivity contribution < 1.29 is 33.8 Å². The van der Waals surface area contributed by atoms with Crippen LogP contribution in [0.15, 0.2) is 36.4 Å². The summed E-state index contributed by atoms with van der Waals surface area (Å²) in [6, 6.07) is 9.37. The van der Waals surface area contributed by atoms with Crippen LogP contribution in [-0.4, -0.2) is 46.5 Å². The molecule has 4 aliphatic heterocycles. The Kier molecular flexibility index (Phi) is 4.81. The second-order valence-electron chi connectivity index (χ2n) is 9.09. The van der Waals surface area contributed by atoms with E-state index < -0.39 is 47.1 Å². The molecule has 2 aromatic carbocycles. The molecule has 0 aliphatic carbocycles. The maximum Gasteiger partial charge on any atom is 0.303 e. The van der Waals surface area contributed by atoms with Gasteiger partial charge < -0.3 is 19.9 Å². The van der Waals surface area contributed by atoms with Gasteiger partial charge in [-0.2, -0.15) is 0 Å². The molecular weight excluding hydrogens is 478 g/mol. The molecule has 4 heterocycles. The van der Waals surface area contributed by atoms with E-state index >= 15 is 0 Å². The monoisotopic (exact) mass is 497 g/mol. The molecule has 1 spiro atoms. The maximum absolute atomic E-state index is 13.8. The van der Waals surface area contributed by atoms with Crippen molar-refractivity contribution in [2.75, 3.05) is 12.1 Å². The normalized spacial score (nSPS) is 28.0. The van der Waals surface area contributed by atoms with Gasteiger partial charge in [0, 0.05) is 28.7 Å².